The van der Waals surface area contributed by atoms with E-state index in [2.05, 4.69) is 15.1 Å². The first kappa shape index (κ1) is 15.4. The lowest BCUT2D eigenvalue weighted by Gasteiger charge is -2.05. The van der Waals surface area contributed by atoms with Crippen LogP contribution in [0.2, 0.25) is 0 Å². The first-order chi connectivity index (χ1) is 11.0. The molecule has 0 atom stereocenters. The molecule has 3 aromatic rings. The fraction of sp³-hybridized carbons (Fsp3) is 0.333. The van der Waals surface area contributed by atoms with Crippen LogP contribution in [0.15, 0.2) is 12.4 Å². The molecule has 3 rings (SSSR count). The Balaban J connectivity index is 2.11. The van der Waals surface area contributed by atoms with Gasteiger partial charge in [-0.15, -0.1) is 11.3 Å². The Morgan fingerprint density at radius 3 is 2.78 bits per heavy atom. The van der Waals surface area contributed by atoms with Crippen LogP contribution in [-0.2, 0) is 11.8 Å². The van der Waals surface area contributed by atoms with Gasteiger partial charge in [-0.3, -0.25) is 4.68 Å². The summed E-state index contributed by atoms with van der Waals surface area (Å²) in [5.74, 6) is 1.23. The predicted molar refractivity (Wildman–Crippen MR) is 86.1 cm³/mol. The fourth-order valence-corrected chi connectivity index (χ4v) is 3.34. The molecule has 0 N–H and O–H groups in total. The summed E-state index contributed by atoms with van der Waals surface area (Å²) in [6, 6.07) is 0. The van der Waals surface area contributed by atoms with Crippen molar-refractivity contribution in [2.45, 2.75) is 20.8 Å². The standard InChI is InChI=1S/C15H16N4O3S/c1-5-21-15(20)12-8(2)11-13(17-9(3)18-14(11)23-12)22-10-6-16-19(4)7-10/h6-7H,5H2,1-4H3. The number of ether oxygens (including phenoxy) is 2. The number of nitrogens with zero attached hydrogens (tertiary/aromatic N) is 4. The highest BCUT2D eigenvalue weighted by molar-refractivity contribution is 7.20. The molecule has 0 unspecified atom stereocenters. The highest BCUT2D eigenvalue weighted by atomic mass is 32.1. The number of carbonyl (C=O) groups is 1. The zero-order valence-corrected chi connectivity index (χ0v) is 14.1. The Hall–Kier alpha value is -2.48. The van der Waals surface area contributed by atoms with Crippen molar-refractivity contribution < 1.29 is 14.3 Å². The maximum atomic E-state index is 12.1. The number of thiophene rings is 1. The number of hydrogen-bond acceptors (Lipinski definition) is 7. The molecule has 0 aromatic carbocycles. The molecule has 8 heteroatoms. The van der Waals surface area contributed by atoms with Crippen LogP contribution in [0.5, 0.6) is 11.6 Å². The van der Waals surface area contributed by atoms with E-state index in [1.807, 2.05) is 14.0 Å². The van der Waals surface area contributed by atoms with Crippen LogP contribution in [0, 0.1) is 13.8 Å². The number of carbonyl (C=O) groups excluding carboxylic acids is 1. The molecule has 7 nitrogen and oxygen atoms in total. The predicted octanol–water partition coefficient (Wildman–Crippen LogP) is 3.01. The average molecular weight is 332 g/mol. The Morgan fingerprint density at radius 1 is 1.35 bits per heavy atom. The van der Waals surface area contributed by atoms with E-state index >= 15 is 0 Å². The highest BCUT2D eigenvalue weighted by Gasteiger charge is 2.22. The van der Waals surface area contributed by atoms with Crippen molar-refractivity contribution in [1.29, 1.82) is 0 Å². The van der Waals surface area contributed by atoms with E-state index in [4.69, 9.17) is 9.47 Å². The van der Waals surface area contributed by atoms with Crippen LogP contribution in [0.1, 0.15) is 28.0 Å². The van der Waals surface area contributed by atoms with Gasteiger partial charge in [-0.05, 0) is 26.3 Å². The van der Waals surface area contributed by atoms with E-state index in [0.717, 1.165) is 10.9 Å². The number of esters is 1. The third-order valence-corrected chi connectivity index (χ3v) is 4.39. The molecule has 0 saturated heterocycles. The molecule has 0 amide bonds. The molecule has 3 aromatic heterocycles. The lowest BCUT2D eigenvalue weighted by atomic mass is 10.2. The number of aromatic nitrogens is 4. The fourth-order valence-electron chi connectivity index (χ4n) is 2.23. The Labute approximate surface area is 136 Å². The summed E-state index contributed by atoms with van der Waals surface area (Å²) < 4.78 is 12.6. The van der Waals surface area contributed by atoms with Gasteiger partial charge in [-0.2, -0.15) is 10.1 Å². The second-order valence-electron chi connectivity index (χ2n) is 4.98. The number of hydrogen-bond donors (Lipinski definition) is 0. The summed E-state index contributed by atoms with van der Waals surface area (Å²) in [6.07, 6.45) is 3.36. The molecule has 120 valence electrons. The van der Waals surface area contributed by atoms with Crippen LogP contribution in [0.25, 0.3) is 10.2 Å². The molecule has 3 heterocycles. The number of fused-ring (bicyclic) bond motifs is 1. The van der Waals surface area contributed by atoms with Gasteiger partial charge < -0.3 is 9.47 Å². The van der Waals surface area contributed by atoms with Gasteiger partial charge in [0.05, 0.1) is 24.4 Å². The molecule has 0 aliphatic carbocycles. The molecule has 0 bridgehead atoms. The van der Waals surface area contributed by atoms with Crippen LogP contribution in [0.4, 0.5) is 0 Å². The number of rotatable bonds is 4. The maximum absolute atomic E-state index is 12.1. The largest absolute Gasteiger partial charge is 0.462 e. The van der Waals surface area contributed by atoms with E-state index in [1.54, 1.807) is 30.9 Å². The topological polar surface area (TPSA) is 79.1 Å². The van der Waals surface area contributed by atoms with Crippen molar-refractivity contribution in [3.05, 3.63) is 28.7 Å². The SMILES string of the molecule is CCOC(=O)c1sc2nc(C)nc(Oc3cnn(C)c3)c2c1C. The van der Waals surface area contributed by atoms with Gasteiger partial charge in [0.25, 0.3) is 0 Å². The van der Waals surface area contributed by atoms with E-state index in [-0.39, 0.29) is 5.97 Å². The van der Waals surface area contributed by atoms with Gasteiger partial charge in [0, 0.05) is 7.05 Å². The molecule has 0 aliphatic heterocycles. The van der Waals surface area contributed by atoms with Gasteiger partial charge in [0.2, 0.25) is 5.88 Å². The van der Waals surface area contributed by atoms with Crippen molar-refractivity contribution in [3.63, 3.8) is 0 Å². The summed E-state index contributed by atoms with van der Waals surface area (Å²) in [5, 5.41) is 4.80. The summed E-state index contributed by atoms with van der Waals surface area (Å²) >= 11 is 1.29. The van der Waals surface area contributed by atoms with E-state index < -0.39 is 0 Å². The second kappa shape index (κ2) is 5.96. The van der Waals surface area contributed by atoms with Gasteiger partial charge in [-0.1, -0.05) is 0 Å². The Bertz CT molecular complexity index is 884. The Morgan fingerprint density at radius 2 is 2.13 bits per heavy atom. The molecule has 0 radical (unpaired) electrons. The summed E-state index contributed by atoms with van der Waals surface area (Å²) in [6.45, 7) is 5.74. The monoisotopic (exact) mass is 332 g/mol. The van der Waals surface area contributed by atoms with Gasteiger partial charge in [0.15, 0.2) is 5.75 Å². The van der Waals surface area contributed by atoms with Crippen LogP contribution < -0.4 is 4.74 Å². The van der Waals surface area contributed by atoms with E-state index in [9.17, 15) is 4.79 Å². The van der Waals surface area contributed by atoms with Gasteiger partial charge >= 0.3 is 5.97 Å². The van der Waals surface area contributed by atoms with Crippen LogP contribution in [-0.4, -0.2) is 32.3 Å². The highest BCUT2D eigenvalue weighted by Crippen LogP contribution is 2.37. The van der Waals surface area contributed by atoms with Crippen molar-refractivity contribution in [1.82, 2.24) is 19.7 Å². The molecule has 0 fully saturated rings. The maximum Gasteiger partial charge on any atom is 0.348 e. The zero-order valence-electron chi connectivity index (χ0n) is 13.3. The normalized spacial score (nSPS) is 11.0. The lowest BCUT2D eigenvalue weighted by Crippen LogP contribution is -2.03. The summed E-state index contributed by atoms with van der Waals surface area (Å²) in [5.41, 5.74) is 0.766. The van der Waals surface area contributed by atoms with Gasteiger partial charge in [0.1, 0.15) is 15.5 Å². The zero-order chi connectivity index (χ0) is 16.6. The minimum atomic E-state index is -0.349. The first-order valence-electron chi connectivity index (χ1n) is 7.11. The third kappa shape index (κ3) is 2.89. The minimum Gasteiger partial charge on any atom is -0.462 e. The molecule has 0 spiro atoms. The third-order valence-electron chi connectivity index (χ3n) is 3.23. The summed E-state index contributed by atoms with van der Waals surface area (Å²) in [7, 11) is 1.81. The minimum absolute atomic E-state index is 0.330. The van der Waals surface area contributed by atoms with Crippen LogP contribution in [0.3, 0.4) is 0 Å². The Kier molecular flexibility index (Phi) is 3.99. The smallest absolute Gasteiger partial charge is 0.348 e. The van der Waals surface area contributed by atoms with Crippen molar-refractivity contribution in [2.24, 2.45) is 7.05 Å². The number of aryl methyl sites for hydroxylation is 3. The van der Waals surface area contributed by atoms with E-state index in [0.29, 0.717) is 33.8 Å². The molecule has 23 heavy (non-hydrogen) atoms. The average Bonchev–Trinajstić information content (AvgIpc) is 3.03. The quantitative estimate of drug-likeness (QED) is 0.683. The lowest BCUT2D eigenvalue weighted by molar-refractivity contribution is 0.0531. The van der Waals surface area contributed by atoms with Crippen molar-refractivity contribution >= 4 is 27.5 Å². The van der Waals surface area contributed by atoms with Crippen LogP contribution >= 0.6 is 11.3 Å². The van der Waals surface area contributed by atoms with E-state index in [1.165, 1.54) is 11.3 Å². The molecule has 0 saturated carbocycles. The molecule has 0 aliphatic rings. The molecular formula is C15H16N4O3S. The molecular weight excluding hydrogens is 316 g/mol. The van der Waals surface area contributed by atoms with Gasteiger partial charge in [-0.25, -0.2) is 9.78 Å². The first-order valence-corrected chi connectivity index (χ1v) is 7.92. The second-order valence-corrected chi connectivity index (χ2v) is 5.98. The van der Waals surface area contributed by atoms with Crippen molar-refractivity contribution in [2.75, 3.05) is 6.61 Å². The summed E-state index contributed by atoms with van der Waals surface area (Å²) in [4.78, 5) is 22.1. The van der Waals surface area contributed by atoms with Crippen molar-refractivity contribution in [3.8, 4) is 11.6 Å².